The fourth-order valence-corrected chi connectivity index (χ4v) is 5.81. The van der Waals surface area contributed by atoms with Gasteiger partial charge in [-0.1, -0.05) is 48.5 Å². The molecule has 184 valence electrons. The van der Waals surface area contributed by atoms with Gasteiger partial charge in [0.1, 0.15) is 5.69 Å². The molecule has 0 saturated heterocycles. The lowest BCUT2D eigenvalue weighted by Gasteiger charge is -2.22. The van der Waals surface area contributed by atoms with E-state index in [0.29, 0.717) is 42.9 Å². The van der Waals surface area contributed by atoms with Crippen molar-refractivity contribution in [3.05, 3.63) is 71.0 Å². The Bertz CT molecular complexity index is 1420. The number of amides is 2. The molecule has 2 aliphatic carbocycles. The Labute approximate surface area is 214 Å². The number of nitrogens with zero attached hydrogens (tertiary/aromatic N) is 4. The van der Waals surface area contributed by atoms with Gasteiger partial charge in [-0.3, -0.25) is 14.3 Å². The molecular weight excluding hydrogens is 470 g/mol. The van der Waals surface area contributed by atoms with E-state index in [-0.39, 0.29) is 11.8 Å². The number of carbonyl (C=O) groups is 2. The van der Waals surface area contributed by atoms with Crippen LogP contribution in [0.2, 0.25) is 0 Å². The minimum absolute atomic E-state index is 0.0403. The van der Waals surface area contributed by atoms with Gasteiger partial charge in [0.05, 0.1) is 15.4 Å². The van der Waals surface area contributed by atoms with Crippen LogP contribution in [0, 0.1) is 5.92 Å². The van der Waals surface area contributed by atoms with E-state index >= 15 is 0 Å². The molecule has 2 aromatic heterocycles. The third-order valence-corrected chi connectivity index (χ3v) is 8.18. The first-order chi connectivity index (χ1) is 17.6. The second-order valence-corrected chi connectivity index (χ2v) is 10.8. The van der Waals surface area contributed by atoms with Crippen LogP contribution in [0.5, 0.6) is 0 Å². The van der Waals surface area contributed by atoms with Crippen LogP contribution in [0.15, 0.2) is 54.6 Å². The molecule has 0 spiro atoms. The average molecular weight is 500 g/mol. The third kappa shape index (κ3) is 4.65. The molecule has 2 aliphatic rings. The molecule has 2 saturated carbocycles. The zero-order chi connectivity index (χ0) is 24.6. The van der Waals surface area contributed by atoms with Crippen LogP contribution < -0.4 is 5.32 Å². The van der Waals surface area contributed by atoms with Crippen LogP contribution in [0.25, 0.3) is 21.3 Å². The van der Waals surface area contributed by atoms with Crippen LogP contribution in [-0.2, 0) is 7.05 Å². The van der Waals surface area contributed by atoms with Crippen molar-refractivity contribution in [2.24, 2.45) is 13.0 Å². The summed E-state index contributed by atoms with van der Waals surface area (Å²) in [5.74, 6) is 0.760. The van der Waals surface area contributed by atoms with Crippen molar-refractivity contribution in [3.63, 3.8) is 0 Å². The molecule has 8 heteroatoms. The highest BCUT2D eigenvalue weighted by atomic mass is 32.1. The summed E-state index contributed by atoms with van der Waals surface area (Å²) in [6.45, 7) is 1.50. The maximum atomic E-state index is 13.8. The molecule has 0 atom stereocenters. The molecule has 2 fully saturated rings. The van der Waals surface area contributed by atoms with Crippen molar-refractivity contribution < 1.29 is 9.59 Å². The second-order valence-electron chi connectivity index (χ2n) is 9.81. The highest BCUT2D eigenvalue weighted by Crippen LogP contribution is 2.45. The van der Waals surface area contributed by atoms with Gasteiger partial charge in [0.15, 0.2) is 5.69 Å². The maximum absolute atomic E-state index is 13.8. The Morgan fingerprint density at radius 2 is 1.78 bits per heavy atom. The number of aromatic nitrogens is 3. The van der Waals surface area contributed by atoms with Crippen molar-refractivity contribution in [1.29, 1.82) is 0 Å². The van der Waals surface area contributed by atoms with Gasteiger partial charge in [-0.25, -0.2) is 4.98 Å². The van der Waals surface area contributed by atoms with Crippen molar-refractivity contribution in [2.75, 3.05) is 19.6 Å². The number of benzene rings is 2. The van der Waals surface area contributed by atoms with Gasteiger partial charge in [0.25, 0.3) is 11.8 Å². The van der Waals surface area contributed by atoms with Crippen LogP contribution in [-0.4, -0.2) is 51.1 Å². The summed E-state index contributed by atoms with van der Waals surface area (Å²) in [6, 6.07) is 17.8. The van der Waals surface area contributed by atoms with Crippen molar-refractivity contribution in [1.82, 2.24) is 25.0 Å². The zero-order valence-electron chi connectivity index (χ0n) is 20.3. The fourth-order valence-electron chi connectivity index (χ4n) is 4.58. The molecule has 7 nitrogen and oxygen atoms in total. The number of nitrogens with one attached hydrogen (secondary N) is 1. The number of fused-ring (bicyclic) bond motifs is 1. The number of hydrogen-bond acceptors (Lipinski definition) is 5. The monoisotopic (exact) mass is 499 g/mol. The van der Waals surface area contributed by atoms with Crippen LogP contribution >= 0.6 is 11.3 Å². The number of carbonyl (C=O) groups excluding carboxylic acids is 2. The molecule has 0 unspecified atom stereocenters. The highest BCUT2D eigenvalue weighted by molar-refractivity contribution is 7.15. The summed E-state index contributed by atoms with van der Waals surface area (Å²) in [6.07, 6.45) is 4.59. The maximum Gasteiger partial charge on any atom is 0.274 e. The molecule has 2 amide bonds. The highest BCUT2D eigenvalue weighted by Gasteiger charge is 2.33. The topological polar surface area (TPSA) is 80.1 Å². The first kappa shape index (κ1) is 22.9. The number of thiazole rings is 1. The Hall–Kier alpha value is -3.52. The summed E-state index contributed by atoms with van der Waals surface area (Å²) >= 11 is 1.65. The Balaban J connectivity index is 1.20. The summed E-state index contributed by atoms with van der Waals surface area (Å²) in [5, 5.41) is 9.30. The summed E-state index contributed by atoms with van der Waals surface area (Å²) < 4.78 is 1.72. The Morgan fingerprint density at radius 1 is 1.03 bits per heavy atom. The van der Waals surface area contributed by atoms with Crippen molar-refractivity contribution in [3.8, 4) is 10.4 Å². The lowest BCUT2D eigenvalue weighted by Crippen LogP contribution is -2.40. The molecule has 2 heterocycles. The van der Waals surface area contributed by atoms with Crippen LogP contribution in [0.4, 0.5) is 0 Å². The molecule has 0 bridgehead atoms. The van der Waals surface area contributed by atoms with E-state index in [4.69, 9.17) is 4.98 Å². The molecule has 6 rings (SSSR count). The van der Waals surface area contributed by atoms with Gasteiger partial charge in [-0.15, -0.1) is 11.3 Å². The van der Waals surface area contributed by atoms with Gasteiger partial charge in [-0.05, 0) is 43.2 Å². The lowest BCUT2D eigenvalue weighted by atomic mass is 10.1. The number of aryl methyl sites for hydroxylation is 1. The Kier molecular flexibility index (Phi) is 6.05. The van der Waals surface area contributed by atoms with E-state index in [1.807, 2.05) is 66.5 Å². The minimum atomic E-state index is -0.222. The van der Waals surface area contributed by atoms with E-state index in [0.717, 1.165) is 52.0 Å². The van der Waals surface area contributed by atoms with Gasteiger partial charge >= 0.3 is 0 Å². The van der Waals surface area contributed by atoms with Crippen molar-refractivity contribution >= 4 is 34.1 Å². The van der Waals surface area contributed by atoms with E-state index < -0.39 is 0 Å². The third-order valence-electron chi connectivity index (χ3n) is 6.91. The smallest absolute Gasteiger partial charge is 0.274 e. The van der Waals surface area contributed by atoms with Crippen LogP contribution in [0.3, 0.4) is 0 Å². The normalized spacial score (nSPS) is 15.2. The molecule has 4 aromatic rings. The first-order valence-corrected chi connectivity index (χ1v) is 13.5. The number of hydrogen-bond donors (Lipinski definition) is 1. The second kappa shape index (κ2) is 9.50. The molecule has 2 aromatic carbocycles. The standard InChI is InChI=1S/C28H29N5O2S/c1-32-22-10-6-5-9-21(22)23(31-32)26(34)29-15-16-33(17-18-11-12-18)28(35)24-25(19-7-3-2-4-8-19)36-27(30-24)20-13-14-20/h2-10,18,20H,11-17H2,1H3,(H,29,34). The molecule has 0 radical (unpaired) electrons. The van der Waals surface area contributed by atoms with E-state index in [1.54, 1.807) is 16.0 Å². The predicted octanol–water partition coefficient (Wildman–Crippen LogP) is 4.86. The van der Waals surface area contributed by atoms with Gasteiger partial charge in [0, 0.05) is 38.0 Å². The number of rotatable bonds is 9. The number of para-hydroxylation sites is 1. The largest absolute Gasteiger partial charge is 0.349 e. The molecule has 1 N–H and O–H groups in total. The van der Waals surface area contributed by atoms with Gasteiger partial charge in [0.2, 0.25) is 0 Å². The predicted molar refractivity (Wildman–Crippen MR) is 141 cm³/mol. The Morgan fingerprint density at radius 3 is 2.53 bits per heavy atom. The molecule has 0 aliphatic heterocycles. The lowest BCUT2D eigenvalue weighted by molar-refractivity contribution is 0.0736. The van der Waals surface area contributed by atoms with E-state index in [2.05, 4.69) is 10.4 Å². The minimum Gasteiger partial charge on any atom is -0.349 e. The quantitative estimate of drug-likeness (QED) is 0.357. The van der Waals surface area contributed by atoms with Gasteiger partial charge < -0.3 is 10.2 Å². The van der Waals surface area contributed by atoms with Crippen LogP contribution in [0.1, 0.15) is 57.6 Å². The van der Waals surface area contributed by atoms with Gasteiger partial charge in [-0.2, -0.15) is 5.10 Å². The summed E-state index contributed by atoms with van der Waals surface area (Å²) in [7, 11) is 1.84. The molecule has 36 heavy (non-hydrogen) atoms. The van der Waals surface area contributed by atoms with E-state index in [9.17, 15) is 9.59 Å². The zero-order valence-corrected chi connectivity index (χ0v) is 21.1. The van der Waals surface area contributed by atoms with Crippen molar-refractivity contribution in [2.45, 2.75) is 31.6 Å². The SMILES string of the molecule is Cn1nc(C(=O)NCCN(CC2CC2)C(=O)c2nc(C3CC3)sc2-c2ccccc2)c2ccccc21. The van der Waals surface area contributed by atoms with E-state index in [1.165, 1.54) is 0 Å². The summed E-state index contributed by atoms with van der Waals surface area (Å²) in [5.41, 5.74) is 2.91. The molecular formula is C28H29N5O2S. The first-order valence-electron chi connectivity index (χ1n) is 12.6. The fraction of sp³-hybridized carbons (Fsp3) is 0.357. The summed E-state index contributed by atoms with van der Waals surface area (Å²) in [4.78, 5) is 34.5. The average Bonchev–Trinajstić information content (AvgIpc) is 3.84.